The van der Waals surface area contributed by atoms with Crippen molar-refractivity contribution in [2.75, 3.05) is 11.4 Å². The lowest BCUT2D eigenvalue weighted by Gasteiger charge is -2.38. The molecule has 27 heavy (non-hydrogen) atoms. The van der Waals surface area contributed by atoms with Crippen molar-refractivity contribution >= 4 is 22.6 Å². The maximum Gasteiger partial charge on any atom is 0.217 e. The van der Waals surface area contributed by atoms with Crippen LogP contribution in [0.2, 0.25) is 0 Å². The van der Waals surface area contributed by atoms with E-state index in [4.69, 9.17) is 5.73 Å². The second kappa shape index (κ2) is 7.00. The van der Waals surface area contributed by atoms with E-state index in [1.165, 1.54) is 19.1 Å². The van der Waals surface area contributed by atoms with E-state index in [9.17, 15) is 9.18 Å². The van der Waals surface area contributed by atoms with Crippen LogP contribution in [0, 0.1) is 5.82 Å². The van der Waals surface area contributed by atoms with Crippen molar-refractivity contribution < 1.29 is 9.18 Å². The number of hydrogen-bond donors (Lipinski definition) is 3. The number of pyridine rings is 1. The van der Waals surface area contributed by atoms with E-state index in [-0.39, 0.29) is 23.9 Å². The molecule has 0 bridgehead atoms. The summed E-state index contributed by atoms with van der Waals surface area (Å²) in [6.07, 6.45) is 5.02. The van der Waals surface area contributed by atoms with Gasteiger partial charge in [-0.2, -0.15) is 0 Å². The minimum atomic E-state index is -0.263. The van der Waals surface area contributed by atoms with E-state index in [1.54, 1.807) is 6.07 Å². The van der Waals surface area contributed by atoms with Crippen LogP contribution in [0.5, 0.6) is 0 Å². The van der Waals surface area contributed by atoms with Crippen molar-refractivity contribution in [1.82, 2.24) is 15.3 Å². The lowest BCUT2D eigenvalue weighted by Crippen LogP contribution is -2.53. The number of aromatic nitrogens is 2. The summed E-state index contributed by atoms with van der Waals surface area (Å²) >= 11 is 0. The van der Waals surface area contributed by atoms with Gasteiger partial charge in [0.05, 0.1) is 6.17 Å². The van der Waals surface area contributed by atoms with Crippen LogP contribution >= 0.6 is 0 Å². The number of anilines is 1. The number of amides is 1. The Kier molecular flexibility index (Phi) is 4.53. The molecule has 6 nitrogen and oxygen atoms in total. The van der Waals surface area contributed by atoms with E-state index < -0.39 is 0 Å². The van der Waals surface area contributed by atoms with Gasteiger partial charge in [-0.05, 0) is 36.8 Å². The molecule has 1 saturated heterocycles. The van der Waals surface area contributed by atoms with Crippen LogP contribution in [0.25, 0.3) is 22.0 Å². The molecule has 0 aliphatic carbocycles. The van der Waals surface area contributed by atoms with Crippen LogP contribution in [0.4, 0.5) is 10.2 Å². The molecule has 2 unspecified atom stereocenters. The number of nitrogens with zero attached hydrogens (tertiary/aromatic N) is 2. The van der Waals surface area contributed by atoms with E-state index in [0.29, 0.717) is 6.42 Å². The number of aromatic amines is 1. The van der Waals surface area contributed by atoms with Crippen molar-refractivity contribution in [2.24, 2.45) is 5.73 Å². The molecular formula is C20H22FN5O. The molecule has 1 fully saturated rings. The number of hydrogen-bond acceptors (Lipinski definition) is 4. The summed E-state index contributed by atoms with van der Waals surface area (Å²) in [6, 6.07) is 8.78. The monoisotopic (exact) mass is 367 g/mol. The van der Waals surface area contributed by atoms with Crippen molar-refractivity contribution in [2.45, 2.75) is 32.0 Å². The Labute approximate surface area is 156 Å². The Bertz CT molecular complexity index is 968. The number of rotatable bonds is 3. The summed E-state index contributed by atoms with van der Waals surface area (Å²) in [4.78, 5) is 21.0. The van der Waals surface area contributed by atoms with Crippen LogP contribution in [0.15, 0.2) is 42.7 Å². The molecule has 1 amide bonds. The van der Waals surface area contributed by atoms with Gasteiger partial charge in [-0.1, -0.05) is 0 Å². The second-order valence-corrected chi connectivity index (χ2v) is 6.98. The van der Waals surface area contributed by atoms with Gasteiger partial charge in [-0.25, -0.2) is 9.37 Å². The van der Waals surface area contributed by atoms with Crippen molar-refractivity contribution in [3.63, 3.8) is 0 Å². The Morgan fingerprint density at radius 1 is 1.37 bits per heavy atom. The maximum atomic E-state index is 13.4. The Balaban J connectivity index is 1.53. The fraction of sp³-hybridized carbons (Fsp3) is 0.300. The summed E-state index contributed by atoms with van der Waals surface area (Å²) in [6.45, 7) is 2.27. The average molecular weight is 367 g/mol. The number of nitrogens with one attached hydrogen (secondary N) is 2. The number of piperidine rings is 1. The molecule has 3 heterocycles. The molecule has 2 atom stereocenters. The summed E-state index contributed by atoms with van der Waals surface area (Å²) in [5.74, 6) is 0.529. The molecule has 0 radical (unpaired) electrons. The highest BCUT2D eigenvalue weighted by Gasteiger charge is 2.27. The molecule has 4 N–H and O–H groups in total. The number of benzene rings is 1. The van der Waals surface area contributed by atoms with Gasteiger partial charge >= 0.3 is 0 Å². The molecule has 1 aliphatic heterocycles. The van der Waals surface area contributed by atoms with Crippen LogP contribution in [-0.4, -0.2) is 34.6 Å². The van der Waals surface area contributed by atoms with Gasteiger partial charge in [-0.15, -0.1) is 0 Å². The highest BCUT2D eigenvalue weighted by atomic mass is 19.1. The molecule has 0 saturated carbocycles. The third-order valence-electron chi connectivity index (χ3n) is 5.05. The predicted molar refractivity (Wildman–Crippen MR) is 104 cm³/mol. The highest BCUT2D eigenvalue weighted by Crippen LogP contribution is 2.30. The van der Waals surface area contributed by atoms with Crippen molar-refractivity contribution in [3.05, 3.63) is 48.5 Å². The lowest BCUT2D eigenvalue weighted by molar-refractivity contribution is -0.119. The second-order valence-electron chi connectivity index (χ2n) is 6.98. The minimum absolute atomic E-state index is 0.0262. The van der Waals surface area contributed by atoms with Crippen LogP contribution in [0.1, 0.15) is 19.8 Å². The van der Waals surface area contributed by atoms with Gasteiger partial charge < -0.3 is 20.9 Å². The SMILES string of the molecule is CC(=O)NC1CCN(c2ccc(-c3c[nH]c4cc(F)ccc34)cn2)C(N)C1. The zero-order valence-electron chi connectivity index (χ0n) is 15.1. The molecule has 2 aromatic heterocycles. The van der Waals surface area contributed by atoms with Gasteiger partial charge in [0.1, 0.15) is 11.6 Å². The zero-order valence-corrected chi connectivity index (χ0v) is 15.1. The van der Waals surface area contributed by atoms with Crippen molar-refractivity contribution in [3.8, 4) is 11.1 Å². The Morgan fingerprint density at radius 3 is 2.93 bits per heavy atom. The number of H-pyrrole nitrogens is 1. The summed E-state index contributed by atoms with van der Waals surface area (Å²) in [7, 11) is 0. The van der Waals surface area contributed by atoms with Gasteiger partial charge in [-0.3, -0.25) is 4.79 Å². The first-order valence-electron chi connectivity index (χ1n) is 9.03. The van der Waals surface area contributed by atoms with Gasteiger partial charge in [0.15, 0.2) is 0 Å². The molecule has 1 aliphatic rings. The Hall–Kier alpha value is -2.93. The lowest BCUT2D eigenvalue weighted by atomic mass is 10.0. The summed E-state index contributed by atoms with van der Waals surface area (Å²) < 4.78 is 13.4. The van der Waals surface area contributed by atoms with Crippen LogP contribution < -0.4 is 16.0 Å². The largest absolute Gasteiger partial charge is 0.360 e. The number of carbonyl (C=O) groups is 1. The van der Waals surface area contributed by atoms with Crippen molar-refractivity contribution in [1.29, 1.82) is 0 Å². The third kappa shape index (κ3) is 3.50. The first-order valence-corrected chi connectivity index (χ1v) is 9.03. The van der Waals surface area contributed by atoms with Crippen LogP contribution in [-0.2, 0) is 4.79 Å². The standard InChI is InChI=1S/C20H22FN5O/c1-12(27)25-15-6-7-26(19(22)9-15)20-5-2-13(10-24-20)17-11-23-18-8-14(21)3-4-16(17)18/h2-5,8,10-11,15,19,23H,6-7,9,22H2,1H3,(H,25,27). The van der Waals surface area contributed by atoms with E-state index >= 15 is 0 Å². The predicted octanol–water partition coefficient (Wildman–Crippen LogP) is 2.76. The molecule has 4 rings (SSSR count). The molecule has 0 spiro atoms. The number of nitrogens with two attached hydrogens (primary N) is 1. The number of carbonyl (C=O) groups excluding carboxylic acids is 1. The average Bonchev–Trinajstić information content (AvgIpc) is 3.04. The summed E-state index contributed by atoms with van der Waals surface area (Å²) in [5, 5.41) is 3.89. The zero-order chi connectivity index (χ0) is 19.0. The topological polar surface area (TPSA) is 87.0 Å². The summed E-state index contributed by atoms with van der Waals surface area (Å²) in [5.41, 5.74) is 8.99. The molecule has 3 aromatic rings. The van der Waals surface area contributed by atoms with E-state index in [0.717, 1.165) is 40.8 Å². The minimum Gasteiger partial charge on any atom is -0.360 e. The smallest absolute Gasteiger partial charge is 0.217 e. The van der Waals surface area contributed by atoms with Crippen LogP contribution in [0.3, 0.4) is 0 Å². The highest BCUT2D eigenvalue weighted by molar-refractivity contribution is 5.95. The van der Waals surface area contributed by atoms with Gasteiger partial charge in [0.25, 0.3) is 0 Å². The molecule has 7 heteroatoms. The first-order chi connectivity index (χ1) is 13.0. The quantitative estimate of drug-likeness (QED) is 0.664. The fourth-order valence-electron chi connectivity index (χ4n) is 3.75. The number of fused-ring (bicyclic) bond motifs is 1. The normalized spacial score (nSPS) is 20.0. The molecule has 1 aromatic carbocycles. The first kappa shape index (κ1) is 17.5. The fourth-order valence-corrected chi connectivity index (χ4v) is 3.75. The number of halogens is 1. The Morgan fingerprint density at radius 2 is 2.22 bits per heavy atom. The third-order valence-corrected chi connectivity index (χ3v) is 5.05. The van der Waals surface area contributed by atoms with E-state index in [1.807, 2.05) is 24.5 Å². The van der Waals surface area contributed by atoms with E-state index in [2.05, 4.69) is 20.2 Å². The molecular weight excluding hydrogens is 345 g/mol. The van der Waals surface area contributed by atoms with Gasteiger partial charge in [0, 0.05) is 60.4 Å². The molecule has 140 valence electrons. The van der Waals surface area contributed by atoms with Gasteiger partial charge in [0.2, 0.25) is 5.91 Å². The maximum absolute atomic E-state index is 13.4.